The molecule has 3 atom stereocenters. The lowest BCUT2D eigenvalue weighted by Gasteiger charge is -2.36. The number of ether oxygens (including phenoxy) is 1. The highest BCUT2D eigenvalue weighted by atomic mass is 35.5. The van der Waals surface area contributed by atoms with Gasteiger partial charge < -0.3 is 4.74 Å². The van der Waals surface area contributed by atoms with Gasteiger partial charge in [-0.05, 0) is 54.9 Å². The molecule has 5 nitrogen and oxygen atoms in total. The van der Waals surface area contributed by atoms with Gasteiger partial charge in [-0.2, -0.15) is 0 Å². The summed E-state index contributed by atoms with van der Waals surface area (Å²) >= 11 is 6.99. The molecular formula is C20H22ClNO4S2. The van der Waals surface area contributed by atoms with Crippen LogP contribution >= 0.6 is 22.9 Å². The van der Waals surface area contributed by atoms with Gasteiger partial charge >= 0.3 is 5.97 Å². The highest BCUT2D eigenvalue weighted by Crippen LogP contribution is 2.49. The molecule has 4 rings (SSSR count). The lowest BCUT2D eigenvalue weighted by Crippen LogP contribution is -2.50. The number of carbonyl (C=O) groups excluding carboxylic acids is 1. The number of hydrogen-bond donors (Lipinski definition) is 1. The maximum Gasteiger partial charge on any atom is 0.302 e. The van der Waals surface area contributed by atoms with Gasteiger partial charge in [0.25, 0.3) is 0 Å². The molecular weight excluding hydrogens is 418 g/mol. The average Bonchev–Trinajstić information content (AvgIpc) is 3.16. The van der Waals surface area contributed by atoms with Crippen molar-refractivity contribution in [3.8, 4) is 0 Å². The third kappa shape index (κ3) is 3.73. The summed E-state index contributed by atoms with van der Waals surface area (Å²) in [6.45, 7) is 1.60. The third-order valence-corrected chi connectivity index (χ3v) is 9.11. The Balaban J connectivity index is 1.71. The minimum Gasteiger partial charge on any atom is -0.465 e. The normalized spacial score (nSPS) is 26.5. The molecule has 1 fully saturated rings. The Morgan fingerprint density at radius 2 is 2.04 bits per heavy atom. The zero-order valence-corrected chi connectivity index (χ0v) is 17.9. The lowest BCUT2D eigenvalue weighted by molar-refractivity contribution is -0.145. The molecule has 2 aliphatic rings. The highest BCUT2D eigenvalue weighted by Gasteiger charge is 2.52. The van der Waals surface area contributed by atoms with Crippen LogP contribution in [0.15, 0.2) is 40.6 Å². The number of nitrogens with one attached hydrogen (secondary N) is 1. The summed E-state index contributed by atoms with van der Waals surface area (Å²) in [5, 5.41) is 0. The van der Waals surface area contributed by atoms with Crippen LogP contribution in [0.5, 0.6) is 0 Å². The van der Waals surface area contributed by atoms with E-state index in [9.17, 15) is 13.2 Å². The molecule has 2 aromatic rings. The molecule has 1 N–H and O–H groups in total. The molecule has 2 aliphatic carbocycles. The second-order valence-electron chi connectivity index (χ2n) is 7.75. The van der Waals surface area contributed by atoms with Crippen LogP contribution in [0.4, 0.5) is 0 Å². The van der Waals surface area contributed by atoms with Gasteiger partial charge in [0.15, 0.2) is 0 Å². The van der Waals surface area contributed by atoms with Crippen molar-refractivity contribution in [2.24, 2.45) is 11.3 Å². The predicted molar refractivity (Wildman–Crippen MR) is 109 cm³/mol. The molecule has 2 bridgehead atoms. The third-order valence-electron chi connectivity index (χ3n) is 5.95. The molecule has 0 amide bonds. The van der Waals surface area contributed by atoms with Crippen molar-refractivity contribution in [1.82, 2.24) is 4.72 Å². The second kappa shape index (κ2) is 7.44. The molecule has 28 heavy (non-hydrogen) atoms. The van der Waals surface area contributed by atoms with Crippen LogP contribution < -0.4 is 4.72 Å². The van der Waals surface area contributed by atoms with E-state index in [1.165, 1.54) is 24.1 Å². The monoisotopic (exact) mass is 439 g/mol. The van der Waals surface area contributed by atoms with Crippen molar-refractivity contribution in [1.29, 1.82) is 0 Å². The average molecular weight is 440 g/mol. The van der Waals surface area contributed by atoms with Crippen molar-refractivity contribution < 1.29 is 17.9 Å². The van der Waals surface area contributed by atoms with E-state index in [-0.39, 0.29) is 28.7 Å². The molecule has 1 heterocycles. The van der Waals surface area contributed by atoms with Crippen molar-refractivity contribution >= 4 is 38.9 Å². The molecule has 8 heteroatoms. The second-order valence-corrected chi connectivity index (χ2v) is 11.4. The van der Waals surface area contributed by atoms with Crippen LogP contribution in [0, 0.1) is 11.3 Å². The Bertz CT molecular complexity index is 1000. The van der Waals surface area contributed by atoms with E-state index in [1.807, 2.05) is 12.1 Å². The molecule has 0 aliphatic heterocycles. The van der Waals surface area contributed by atoms with Gasteiger partial charge in [-0.25, -0.2) is 13.1 Å². The van der Waals surface area contributed by atoms with Crippen molar-refractivity contribution in [2.75, 3.05) is 6.61 Å². The van der Waals surface area contributed by atoms with Gasteiger partial charge in [-0.3, -0.25) is 4.79 Å². The first kappa shape index (κ1) is 19.9. The lowest BCUT2D eigenvalue weighted by atomic mass is 9.78. The molecule has 150 valence electrons. The maximum atomic E-state index is 13.0. The van der Waals surface area contributed by atoms with Gasteiger partial charge in [0.1, 0.15) is 4.21 Å². The van der Waals surface area contributed by atoms with Crippen LogP contribution in [-0.4, -0.2) is 27.0 Å². The Hall–Kier alpha value is -1.41. The van der Waals surface area contributed by atoms with Gasteiger partial charge in [-0.1, -0.05) is 35.9 Å². The first-order valence-corrected chi connectivity index (χ1v) is 11.9. The molecule has 1 aromatic heterocycles. The summed E-state index contributed by atoms with van der Waals surface area (Å²) in [6.07, 6.45) is 3.22. The fourth-order valence-electron chi connectivity index (χ4n) is 4.65. The van der Waals surface area contributed by atoms with E-state index in [1.54, 1.807) is 6.07 Å². The topological polar surface area (TPSA) is 72.5 Å². The maximum absolute atomic E-state index is 13.0. The van der Waals surface area contributed by atoms with Crippen molar-refractivity contribution in [2.45, 2.75) is 42.9 Å². The van der Waals surface area contributed by atoms with Crippen LogP contribution in [0.1, 0.15) is 30.9 Å². The summed E-state index contributed by atoms with van der Waals surface area (Å²) in [7, 11) is -3.70. The standard InChI is InChI=1S/C20H22ClNO4S2/c1-13(23)26-12-20-9-8-15(10-14-4-2-3-5-16(14)11-20)19(20)22-28(24,25)18-7-6-17(21)27-18/h2-7,15,19,22H,8-12H2,1H3. The van der Waals surface area contributed by atoms with Crippen LogP contribution in [0.25, 0.3) is 0 Å². The van der Waals surface area contributed by atoms with Gasteiger partial charge in [0.2, 0.25) is 10.0 Å². The number of benzene rings is 1. The molecule has 0 spiro atoms. The zero-order chi connectivity index (χ0) is 19.9. The van der Waals surface area contributed by atoms with Gasteiger partial charge in [0, 0.05) is 18.4 Å². The van der Waals surface area contributed by atoms with Gasteiger partial charge in [-0.15, -0.1) is 11.3 Å². The Morgan fingerprint density at radius 3 is 2.71 bits per heavy atom. The van der Waals surface area contributed by atoms with E-state index in [4.69, 9.17) is 16.3 Å². The van der Waals surface area contributed by atoms with E-state index >= 15 is 0 Å². The number of rotatable bonds is 5. The summed E-state index contributed by atoms with van der Waals surface area (Å²) in [5.41, 5.74) is 2.01. The molecule has 0 radical (unpaired) electrons. The fourth-order valence-corrected chi connectivity index (χ4v) is 7.56. The largest absolute Gasteiger partial charge is 0.465 e. The minimum atomic E-state index is -3.70. The van der Waals surface area contributed by atoms with Crippen molar-refractivity contribution in [3.63, 3.8) is 0 Å². The summed E-state index contributed by atoms with van der Waals surface area (Å²) in [5.74, 6) is -0.188. The summed E-state index contributed by atoms with van der Waals surface area (Å²) in [6, 6.07) is 11.0. The predicted octanol–water partition coefficient (Wildman–Crippen LogP) is 3.81. The van der Waals surface area contributed by atoms with Crippen LogP contribution in [0.2, 0.25) is 4.34 Å². The summed E-state index contributed by atoms with van der Waals surface area (Å²) < 4.78 is 35.1. The molecule has 1 aromatic carbocycles. The van der Waals surface area contributed by atoms with E-state index in [0.717, 1.165) is 30.6 Å². The quantitative estimate of drug-likeness (QED) is 0.719. The molecule has 0 saturated heterocycles. The first-order chi connectivity index (χ1) is 13.3. The SMILES string of the molecule is CC(=O)OCC12CCC(Cc3ccccc3C1)C2NS(=O)(=O)c1ccc(Cl)s1. The molecule has 3 unspecified atom stereocenters. The Labute approximate surface area is 174 Å². The Morgan fingerprint density at radius 1 is 1.29 bits per heavy atom. The minimum absolute atomic E-state index is 0.157. The van der Waals surface area contributed by atoms with Crippen LogP contribution in [-0.2, 0) is 32.4 Å². The first-order valence-electron chi connectivity index (χ1n) is 9.27. The number of sulfonamides is 1. The van der Waals surface area contributed by atoms with E-state index in [0.29, 0.717) is 10.8 Å². The molecule has 1 saturated carbocycles. The van der Waals surface area contributed by atoms with E-state index in [2.05, 4.69) is 16.9 Å². The van der Waals surface area contributed by atoms with E-state index < -0.39 is 15.4 Å². The highest BCUT2D eigenvalue weighted by molar-refractivity contribution is 7.91. The van der Waals surface area contributed by atoms with Crippen LogP contribution in [0.3, 0.4) is 0 Å². The number of halogens is 1. The summed E-state index contributed by atoms with van der Waals surface area (Å²) in [4.78, 5) is 11.5. The number of fused-ring (bicyclic) bond motifs is 3. The number of thiophene rings is 1. The van der Waals surface area contributed by atoms with Gasteiger partial charge in [0.05, 0.1) is 10.9 Å². The fraction of sp³-hybridized carbons (Fsp3) is 0.450. The van der Waals surface area contributed by atoms with Crippen molar-refractivity contribution in [3.05, 3.63) is 51.9 Å². The Kier molecular flexibility index (Phi) is 5.29. The number of hydrogen-bond acceptors (Lipinski definition) is 5. The number of carbonyl (C=O) groups is 1. The zero-order valence-electron chi connectivity index (χ0n) is 15.5. The smallest absolute Gasteiger partial charge is 0.302 e. The number of esters is 1.